The van der Waals surface area contributed by atoms with E-state index in [9.17, 15) is 9.59 Å². The molecule has 0 aromatic carbocycles. The van der Waals surface area contributed by atoms with Crippen LogP contribution < -0.4 is 11.4 Å². The molecule has 2 aromatic rings. The first-order valence-electron chi connectivity index (χ1n) is 3.64. The number of nitrogens with zero attached hydrogens (tertiary/aromatic N) is 5. The van der Waals surface area contributed by atoms with Crippen LogP contribution in [0.25, 0.3) is 0 Å². The summed E-state index contributed by atoms with van der Waals surface area (Å²) in [5.41, 5.74) is -1.20. The molecule has 0 aliphatic heterocycles. The quantitative estimate of drug-likeness (QED) is 0.545. The Bertz CT molecular complexity index is 495. The van der Waals surface area contributed by atoms with E-state index < -0.39 is 11.4 Å². The number of aromatic amines is 2. The highest BCUT2D eigenvalue weighted by Crippen LogP contribution is 1.82. The Morgan fingerprint density at radius 3 is 2.93 bits per heavy atom. The molecule has 0 amide bonds. The Morgan fingerprint density at radius 1 is 1.43 bits per heavy atom. The van der Waals surface area contributed by atoms with E-state index in [1.54, 1.807) is 0 Å². The molecule has 0 atom stereocenters. The van der Waals surface area contributed by atoms with E-state index in [1.807, 2.05) is 0 Å². The van der Waals surface area contributed by atoms with Crippen LogP contribution in [-0.2, 0) is 6.54 Å². The van der Waals surface area contributed by atoms with E-state index in [-0.39, 0.29) is 6.54 Å². The summed E-state index contributed by atoms with van der Waals surface area (Å²) in [6, 6.07) is 0. The fourth-order valence-corrected chi connectivity index (χ4v) is 0.912. The van der Waals surface area contributed by atoms with Gasteiger partial charge in [0, 0.05) is 0 Å². The van der Waals surface area contributed by atoms with Crippen molar-refractivity contribution in [2.24, 2.45) is 0 Å². The molecule has 9 nitrogen and oxygen atoms in total. The van der Waals surface area contributed by atoms with Crippen molar-refractivity contribution < 1.29 is 0 Å². The van der Waals surface area contributed by atoms with Crippen molar-refractivity contribution in [3.8, 4) is 0 Å². The van der Waals surface area contributed by atoms with Gasteiger partial charge in [0.1, 0.15) is 6.33 Å². The summed E-state index contributed by atoms with van der Waals surface area (Å²) in [6.45, 7) is -0.0327. The van der Waals surface area contributed by atoms with Gasteiger partial charge in [-0.15, -0.1) is 5.10 Å². The normalized spacial score (nSPS) is 10.3. The fourth-order valence-electron chi connectivity index (χ4n) is 0.912. The molecule has 72 valence electrons. The van der Waals surface area contributed by atoms with Crippen LogP contribution in [0, 0.1) is 0 Å². The highest BCUT2D eigenvalue weighted by Gasteiger charge is 2.04. The zero-order valence-electron chi connectivity index (χ0n) is 6.84. The second-order valence-corrected chi connectivity index (χ2v) is 2.42. The minimum absolute atomic E-state index is 0.0327. The zero-order valence-corrected chi connectivity index (χ0v) is 6.84. The van der Waals surface area contributed by atoms with Crippen molar-refractivity contribution in [3.05, 3.63) is 33.1 Å². The van der Waals surface area contributed by atoms with Gasteiger partial charge in [0.25, 0.3) is 0 Å². The first kappa shape index (κ1) is 8.29. The zero-order chi connectivity index (χ0) is 9.97. The van der Waals surface area contributed by atoms with Gasteiger partial charge < -0.3 is 0 Å². The molecule has 9 heteroatoms. The van der Waals surface area contributed by atoms with Crippen molar-refractivity contribution in [3.63, 3.8) is 0 Å². The van der Waals surface area contributed by atoms with Crippen molar-refractivity contribution in [1.82, 2.24) is 35.2 Å². The molecule has 2 aromatic heterocycles. The number of aromatic nitrogens is 7. The average Bonchev–Trinajstić information content (AvgIpc) is 2.64. The summed E-state index contributed by atoms with van der Waals surface area (Å²) in [5.74, 6) is 0.311. The van der Waals surface area contributed by atoms with E-state index in [4.69, 9.17) is 0 Å². The van der Waals surface area contributed by atoms with Gasteiger partial charge in [-0.1, -0.05) is 0 Å². The number of tetrazole rings is 1. The first-order chi connectivity index (χ1) is 6.77. The maximum absolute atomic E-state index is 11.2. The van der Waals surface area contributed by atoms with Crippen LogP contribution in [0.3, 0.4) is 0 Å². The third-order valence-corrected chi connectivity index (χ3v) is 1.54. The molecule has 2 heterocycles. The Labute approximate surface area is 75.8 Å². The van der Waals surface area contributed by atoms with Crippen LogP contribution in [0.2, 0.25) is 0 Å². The van der Waals surface area contributed by atoms with Crippen LogP contribution in [0.1, 0.15) is 5.82 Å². The van der Waals surface area contributed by atoms with Crippen LogP contribution in [0.15, 0.2) is 15.9 Å². The summed E-state index contributed by atoms with van der Waals surface area (Å²) in [4.78, 5) is 27.9. The van der Waals surface area contributed by atoms with Gasteiger partial charge in [0.05, 0.1) is 6.54 Å². The summed E-state index contributed by atoms with van der Waals surface area (Å²) in [6.07, 6.45) is 1.04. The standard InChI is InChI=1S/C5H5N7O2/c13-4-6-2-7-5(14)12(4)1-3-8-10-11-9-3/h2H,1H2,(H,6,7,13,14)(H,8,9,10,11). The fraction of sp³-hybridized carbons (Fsp3) is 0.200. The predicted octanol–water partition coefficient (Wildman–Crippen LogP) is -2.51. The van der Waals surface area contributed by atoms with E-state index in [2.05, 4.69) is 30.6 Å². The SMILES string of the molecule is O=c1nc[nH]c(=O)n1Cc1nnn[nH]1. The molecule has 2 rings (SSSR count). The highest BCUT2D eigenvalue weighted by atomic mass is 16.2. The minimum atomic E-state index is -0.648. The van der Waals surface area contributed by atoms with Gasteiger partial charge in [0.15, 0.2) is 5.82 Å². The van der Waals surface area contributed by atoms with Crippen LogP contribution in [0.4, 0.5) is 0 Å². The lowest BCUT2D eigenvalue weighted by Crippen LogP contribution is -2.36. The average molecular weight is 195 g/mol. The van der Waals surface area contributed by atoms with Crippen LogP contribution in [0.5, 0.6) is 0 Å². The smallest absolute Gasteiger partial charge is 0.298 e. The molecule has 0 unspecified atom stereocenters. The molecular formula is C5H5N7O2. The lowest BCUT2D eigenvalue weighted by molar-refractivity contribution is 0.640. The van der Waals surface area contributed by atoms with Crippen molar-refractivity contribution in [2.45, 2.75) is 6.54 Å². The largest absolute Gasteiger partial charge is 0.353 e. The Morgan fingerprint density at radius 2 is 2.29 bits per heavy atom. The van der Waals surface area contributed by atoms with E-state index in [0.29, 0.717) is 5.82 Å². The van der Waals surface area contributed by atoms with Gasteiger partial charge in [-0.25, -0.2) is 19.3 Å². The van der Waals surface area contributed by atoms with E-state index in [0.717, 1.165) is 10.9 Å². The van der Waals surface area contributed by atoms with Gasteiger partial charge in [-0.2, -0.15) is 4.98 Å². The molecule has 0 aliphatic rings. The van der Waals surface area contributed by atoms with Crippen LogP contribution in [-0.4, -0.2) is 35.2 Å². The third-order valence-electron chi connectivity index (χ3n) is 1.54. The number of H-pyrrole nitrogens is 2. The summed E-state index contributed by atoms with van der Waals surface area (Å²) in [7, 11) is 0. The van der Waals surface area contributed by atoms with Crippen molar-refractivity contribution >= 4 is 0 Å². The second kappa shape index (κ2) is 3.20. The monoisotopic (exact) mass is 195 g/mol. The molecule has 2 N–H and O–H groups in total. The van der Waals surface area contributed by atoms with E-state index in [1.165, 1.54) is 0 Å². The van der Waals surface area contributed by atoms with Gasteiger partial charge in [0.2, 0.25) is 0 Å². The predicted molar refractivity (Wildman–Crippen MR) is 42.4 cm³/mol. The Kier molecular flexibility index (Phi) is 1.89. The first-order valence-corrected chi connectivity index (χ1v) is 3.64. The number of rotatable bonds is 2. The van der Waals surface area contributed by atoms with E-state index >= 15 is 0 Å². The molecule has 14 heavy (non-hydrogen) atoms. The maximum atomic E-state index is 11.2. The Balaban J connectivity index is 2.43. The molecule has 0 fully saturated rings. The number of hydrogen-bond acceptors (Lipinski definition) is 6. The second-order valence-electron chi connectivity index (χ2n) is 2.42. The third kappa shape index (κ3) is 1.42. The maximum Gasteiger partial charge on any atom is 0.353 e. The minimum Gasteiger partial charge on any atom is -0.298 e. The molecule has 0 radical (unpaired) electrons. The molecule has 0 spiro atoms. The summed E-state index contributed by atoms with van der Waals surface area (Å²) in [5, 5.41) is 12.6. The molecule has 0 aliphatic carbocycles. The number of hydrogen-bond donors (Lipinski definition) is 2. The lowest BCUT2D eigenvalue weighted by atomic mass is 10.6. The van der Waals surface area contributed by atoms with Crippen LogP contribution >= 0.6 is 0 Å². The molecular weight excluding hydrogens is 190 g/mol. The number of nitrogens with one attached hydrogen (secondary N) is 2. The Hall–Kier alpha value is -2.32. The van der Waals surface area contributed by atoms with Gasteiger partial charge in [-0.05, 0) is 10.4 Å². The lowest BCUT2D eigenvalue weighted by Gasteiger charge is -1.97. The van der Waals surface area contributed by atoms with Crippen molar-refractivity contribution in [2.75, 3.05) is 0 Å². The topological polar surface area (TPSA) is 122 Å². The molecule has 0 bridgehead atoms. The van der Waals surface area contributed by atoms with Gasteiger partial charge >= 0.3 is 11.4 Å². The summed E-state index contributed by atoms with van der Waals surface area (Å²) >= 11 is 0. The highest BCUT2D eigenvalue weighted by molar-refractivity contribution is 4.80. The van der Waals surface area contributed by atoms with Crippen molar-refractivity contribution in [1.29, 1.82) is 0 Å². The molecule has 0 saturated heterocycles. The summed E-state index contributed by atoms with van der Waals surface area (Å²) < 4.78 is 0.877. The van der Waals surface area contributed by atoms with Gasteiger partial charge in [-0.3, -0.25) is 4.98 Å². The molecule has 0 saturated carbocycles.